The monoisotopic (exact) mass is 367 g/mol. The number of benzene rings is 1. The van der Waals surface area contributed by atoms with Gasteiger partial charge in [-0.15, -0.1) is 0 Å². The molecule has 7 heteroatoms. The summed E-state index contributed by atoms with van der Waals surface area (Å²) in [6, 6.07) is 7.54. The van der Waals surface area contributed by atoms with E-state index < -0.39 is 15.9 Å². The minimum Gasteiger partial charge on any atom is -0.325 e. The molecule has 25 heavy (non-hydrogen) atoms. The van der Waals surface area contributed by atoms with E-state index in [4.69, 9.17) is 5.73 Å². The molecule has 0 radical (unpaired) electrons. The van der Waals surface area contributed by atoms with Crippen molar-refractivity contribution in [2.24, 2.45) is 5.73 Å². The third kappa shape index (κ3) is 6.76. The second kappa shape index (κ2) is 8.78. The Labute approximate surface area is 150 Å². The fourth-order valence-corrected chi connectivity index (χ4v) is 3.71. The molecule has 0 aromatic heterocycles. The molecule has 140 valence electrons. The van der Waals surface area contributed by atoms with Gasteiger partial charge in [-0.3, -0.25) is 9.69 Å². The van der Waals surface area contributed by atoms with Gasteiger partial charge >= 0.3 is 0 Å². The number of carbonyl (C=O) groups excluding carboxylic acids is 1. The summed E-state index contributed by atoms with van der Waals surface area (Å²) in [4.78, 5) is 14.5. The van der Waals surface area contributed by atoms with Gasteiger partial charge in [0.2, 0.25) is 5.91 Å². The number of rotatable bonds is 7. The first-order valence-electron chi connectivity index (χ1n) is 8.82. The molecular formula is C18H29N3O3S. The maximum atomic E-state index is 12.0. The van der Waals surface area contributed by atoms with Gasteiger partial charge in [0.15, 0.2) is 0 Å². The SMILES string of the molecule is CC1CCCCN1Cc1ccc(NC(=O)C(N)CCS(C)(=O)=O)cc1. The van der Waals surface area contributed by atoms with Crippen molar-refractivity contribution in [1.82, 2.24) is 4.90 Å². The average Bonchev–Trinajstić information content (AvgIpc) is 2.55. The van der Waals surface area contributed by atoms with E-state index in [1.54, 1.807) is 0 Å². The van der Waals surface area contributed by atoms with Crippen molar-refractivity contribution < 1.29 is 13.2 Å². The van der Waals surface area contributed by atoms with E-state index in [9.17, 15) is 13.2 Å². The number of likely N-dealkylation sites (tertiary alicyclic amines) is 1. The van der Waals surface area contributed by atoms with E-state index in [2.05, 4.69) is 17.1 Å². The first kappa shape index (κ1) is 19.9. The van der Waals surface area contributed by atoms with E-state index in [1.807, 2.05) is 24.3 Å². The molecule has 2 unspecified atom stereocenters. The van der Waals surface area contributed by atoms with E-state index in [0.29, 0.717) is 11.7 Å². The van der Waals surface area contributed by atoms with Crippen LogP contribution in [0, 0.1) is 0 Å². The Morgan fingerprint density at radius 1 is 1.32 bits per heavy atom. The number of nitrogens with one attached hydrogen (secondary N) is 1. The molecule has 1 aliphatic rings. The van der Waals surface area contributed by atoms with Gasteiger partial charge < -0.3 is 11.1 Å². The number of anilines is 1. The summed E-state index contributed by atoms with van der Waals surface area (Å²) in [7, 11) is -3.11. The van der Waals surface area contributed by atoms with Crippen molar-refractivity contribution in [3.63, 3.8) is 0 Å². The topological polar surface area (TPSA) is 92.5 Å². The molecule has 6 nitrogen and oxygen atoms in total. The summed E-state index contributed by atoms with van der Waals surface area (Å²) in [6.45, 7) is 4.32. The molecule has 0 bridgehead atoms. The van der Waals surface area contributed by atoms with Gasteiger partial charge in [0.05, 0.1) is 11.8 Å². The molecule has 2 rings (SSSR count). The van der Waals surface area contributed by atoms with E-state index in [-0.39, 0.29) is 18.1 Å². The van der Waals surface area contributed by atoms with Crippen molar-refractivity contribution in [1.29, 1.82) is 0 Å². The molecule has 1 heterocycles. The minimum atomic E-state index is -3.11. The molecule has 1 aromatic carbocycles. The number of hydrogen-bond acceptors (Lipinski definition) is 5. The molecule has 3 N–H and O–H groups in total. The van der Waals surface area contributed by atoms with Crippen molar-refractivity contribution >= 4 is 21.4 Å². The number of nitrogens with two attached hydrogens (primary N) is 1. The smallest absolute Gasteiger partial charge is 0.241 e. The summed E-state index contributed by atoms with van der Waals surface area (Å²) < 4.78 is 22.3. The molecule has 2 atom stereocenters. The van der Waals surface area contributed by atoms with Crippen molar-refractivity contribution in [2.45, 2.75) is 51.2 Å². The normalized spacial score (nSPS) is 20.2. The van der Waals surface area contributed by atoms with E-state index in [1.165, 1.54) is 24.8 Å². The van der Waals surface area contributed by atoms with Gasteiger partial charge in [-0.2, -0.15) is 0 Å². The zero-order valence-electron chi connectivity index (χ0n) is 15.1. The summed E-state index contributed by atoms with van der Waals surface area (Å²) in [5.41, 5.74) is 7.65. The highest BCUT2D eigenvalue weighted by atomic mass is 32.2. The number of nitrogens with zero attached hydrogens (tertiary/aromatic N) is 1. The zero-order chi connectivity index (χ0) is 18.4. The lowest BCUT2D eigenvalue weighted by molar-refractivity contribution is -0.117. The second-order valence-corrected chi connectivity index (χ2v) is 9.29. The first-order valence-corrected chi connectivity index (χ1v) is 10.9. The Morgan fingerprint density at radius 2 is 2.00 bits per heavy atom. The number of sulfone groups is 1. The highest BCUT2D eigenvalue weighted by Gasteiger charge is 2.18. The molecule has 0 spiro atoms. The number of amides is 1. The Balaban J connectivity index is 1.86. The van der Waals surface area contributed by atoms with Crippen LogP contribution in [0.15, 0.2) is 24.3 Å². The Morgan fingerprint density at radius 3 is 2.60 bits per heavy atom. The standard InChI is InChI=1S/C18H29N3O3S/c1-14-5-3-4-11-21(14)13-15-6-8-16(9-7-15)20-18(22)17(19)10-12-25(2,23)24/h6-9,14,17H,3-5,10-13,19H2,1-2H3,(H,20,22). The molecule has 1 saturated heterocycles. The summed E-state index contributed by atoms with van der Waals surface area (Å²) in [5.74, 6) is -0.449. The lowest BCUT2D eigenvalue weighted by Gasteiger charge is -2.33. The third-order valence-corrected chi connectivity index (χ3v) is 5.66. The molecular weight excluding hydrogens is 338 g/mol. The van der Waals surface area contributed by atoms with Crippen LogP contribution in [0.1, 0.15) is 38.2 Å². The second-order valence-electron chi connectivity index (χ2n) is 7.03. The van der Waals surface area contributed by atoms with Gasteiger partial charge in [-0.05, 0) is 50.4 Å². The predicted molar refractivity (Wildman–Crippen MR) is 101 cm³/mol. The lowest BCUT2D eigenvalue weighted by atomic mass is 10.0. The largest absolute Gasteiger partial charge is 0.325 e. The van der Waals surface area contributed by atoms with Crippen LogP contribution < -0.4 is 11.1 Å². The minimum absolute atomic E-state index is 0.0887. The Kier molecular flexibility index (Phi) is 6.98. The molecule has 1 amide bonds. The van der Waals surface area contributed by atoms with Crippen molar-refractivity contribution in [3.05, 3.63) is 29.8 Å². The van der Waals surface area contributed by atoms with Gasteiger partial charge in [-0.25, -0.2) is 8.42 Å². The fourth-order valence-electron chi connectivity index (χ4n) is 3.03. The number of carbonyl (C=O) groups is 1. The maximum Gasteiger partial charge on any atom is 0.241 e. The Hall–Kier alpha value is -1.44. The van der Waals surface area contributed by atoms with Gasteiger partial charge in [0.1, 0.15) is 9.84 Å². The quantitative estimate of drug-likeness (QED) is 0.766. The predicted octanol–water partition coefficient (Wildman–Crippen LogP) is 1.76. The molecule has 1 aliphatic heterocycles. The van der Waals surface area contributed by atoms with Crippen LogP contribution in [0.2, 0.25) is 0 Å². The molecule has 0 aliphatic carbocycles. The van der Waals surface area contributed by atoms with Crippen LogP contribution in [0.5, 0.6) is 0 Å². The van der Waals surface area contributed by atoms with Gasteiger partial charge in [-0.1, -0.05) is 18.6 Å². The highest BCUT2D eigenvalue weighted by molar-refractivity contribution is 7.90. The highest BCUT2D eigenvalue weighted by Crippen LogP contribution is 2.20. The fraction of sp³-hybridized carbons (Fsp3) is 0.611. The number of piperidine rings is 1. The molecule has 1 fully saturated rings. The summed E-state index contributed by atoms with van der Waals surface area (Å²) >= 11 is 0. The number of hydrogen-bond donors (Lipinski definition) is 2. The van der Waals surface area contributed by atoms with Gasteiger partial charge in [0.25, 0.3) is 0 Å². The van der Waals surface area contributed by atoms with Crippen LogP contribution in [0.25, 0.3) is 0 Å². The first-order chi connectivity index (χ1) is 11.7. The zero-order valence-corrected chi connectivity index (χ0v) is 15.9. The molecule has 0 saturated carbocycles. The van der Waals surface area contributed by atoms with Crippen LogP contribution in [0.3, 0.4) is 0 Å². The molecule has 1 aromatic rings. The van der Waals surface area contributed by atoms with Crippen LogP contribution in [-0.4, -0.2) is 49.9 Å². The van der Waals surface area contributed by atoms with Crippen LogP contribution in [0.4, 0.5) is 5.69 Å². The lowest BCUT2D eigenvalue weighted by Crippen LogP contribution is -2.37. The summed E-state index contributed by atoms with van der Waals surface area (Å²) in [6.07, 6.45) is 5.07. The van der Waals surface area contributed by atoms with Crippen molar-refractivity contribution in [3.8, 4) is 0 Å². The van der Waals surface area contributed by atoms with Crippen LogP contribution >= 0.6 is 0 Å². The van der Waals surface area contributed by atoms with Crippen molar-refractivity contribution in [2.75, 3.05) is 23.9 Å². The third-order valence-electron chi connectivity index (χ3n) is 4.68. The maximum absolute atomic E-state index is 12.0. The van der Waals surface area contributed by atoms with Gasteiger partial charge in [0, 0.05) is 24.5 Å². The van der Waals surface area contributed by atoms with E-state index in [0.717, 1.165) is 19.3 Å². The average molecular weight is 368 g/mol. The summed E-state index contributed by atoms with van der Waals surface area (Å²) in [5, 5.41) is 2.75. The Bertz CT molecular complexity index is 673. The van der Waals surface area contributed by atoms with E-state index >= 15 is 0 Å². The van der Waals surface area contributed by atoms with Crippen LogP contribution in [-0.2, 0) is 21.2 Å².